The number of benzene rings is 1. The fraction of sp³-hybridized carbons (Fsp3) is 0.400. The Morgan fingerprint density at radius 1 is 1.33 bits per heavy atom. The molecule has 0 aliphatic heterocycles. The number of hydrogen-bond donors (Lipinski definition) is 2. The molecule has 0 spiro atoms. The molecule has 0 atom stereocenters. The van der Waals surface area contributed by atoms with E-state index in [4.69, 9.17) is 12.2 Å². The van der Waals surface area contributed by atoms with Crippen molar-refractivity contribution in [3.63, 3.8) is 0 Å². The topological polar surface area (TPSA) is 24.1 Å². The summed E-state index contributed by atoms with van der Waals surface area (Å²) in [5.41, 5.74) is 5.14. The molecule has 0 aromatic heterocycles. The molecule has 0 unspecified atom stereocenters. The Bertz CT molecular complexity index is 466. The van der Waals surface area contributed by atoms with E-state index in [-0.39, 0.29) is 0 Å². The van der Waals surface area contributed by atoms with Gasteiger partial charge in [-0.2, -0.15) is 0 Å². The van der Waals surface area contributed by atoms with E-state index in [1.54, 1.807) is 0 Å². The van der Waals surface area contributed by atoms with Crippen molar-refractivity contribution in [3.05, 3.63) is 41.5 Å². The molecule has 1 aromatic carbocycles. The number of nitrogens with one attached hydrogen (secondary N) is 2. The summed E-state index contributed by atoms with van der Waals surface area (Å²) in [6, 6.07) is 6.44. The quantitative estimate of drug-likeness (QED) is 0.643. The molecule has 2 rings (SSSR count). The van der Waals surface area contributed by atoms with Crippen molar-refractivity contribution < 1.29 is 0 Å². The molecule has 0 saturated carbocycles. The number of rotatable bonds is 3. The minimum absolute atomic E-state index is 0.678. The molecule has 18 heavy (non-hydrogen) atoms. The van der Waals surface area contributed by atoms with Gasteiger partial charge >= 0.3 is 0 Å². The molecule has 1 aliphatic rings. The van der Waals surface area contributed by atoms with Crippen LogP contribution < -0.4 is 10.6 Å². The monoisotopic (exact) mass is 260 g/mol. The third-order valence-electron chi connectivity index (χ3n) is 3.19. The standard InChI is InChI=1S/C15H20N2S/c1-11(2)10-16-15(18)17-14-9-5-7-12-6-3-4-8-13(12)14/h5,7,9H,1,3-4,6,8,10H2,2H3,(H2,16,17,18). The van der Waals surface area contributed by atoms with Crippen molar-refractivity contribution in [1.29, 1.82) is 0 Å². The normalized spacial score (nSPS) is 13.6. The summed E-state index contributed by atoms with van der Waals surface area (Å²) < 4.78 is 0. The zero-order chi connectivity index (χ0) is 13.0. The molecule has 0 fully saturated rings. The predicted octanol–water partition coefficient (Wildman–Crippen LogP) is 3.43. The second-order valence-electron chi connectivity index (χ2n) is 4.92. The molecule has 96 valence electrons. The lowest BCUT2D eigenvalue weighted by Gasteiger charge is -2.20. The molecule has 3 heteroatoms. The zero-order valence-corrected chi connectivity index (χ0v) is 11.7. The first-order valence-corrected chi connectivity index (χ1v) is 6.87. The third-order valence-corrected chi connectivity index (χ3v) is 3.44. The average Bonchev–Trinajstić information content (AvgIpc) is 2.37. The van der Waals surface area contributed by atoms with Crippen LogP contribution in [0.5, 0.6) is 0 Å². The van der Waals surface area contributed by atoms with Crippen LogP contribution in [0.4, 0.5) is 5.69 Å². The lowest BCUT2D eigenvalue weighted by Crippen LogP contribution is -2.30. The first-order valence-electron chi connectivity index (χ1n) is 6.47. The van der Waals surface area contributed by atoms with Gasteiger partial charge in [0.15, 0.2) is 5.11 Å². The lowest BCUT2D eigenvalue weighted by atomic mass is 9.90. The van der Waals surface area contributed by atoms with Gasteiger partial charge in [0.1, 0.15) is 0 Å². The molecular weight excluding hydrogens is 240 g/mol. The van der Waals surface area contributed by atoms with E-state index in [0.29, 0.717) is 5.11 Å². The third kappa shape index (κ3) is 3.33. The molecule has 0 saturated heterocycles. The first kappa shape index (κ1) is 13.1. The Labute approximate surface area is 114 Å². The fourth-order valence-corrected chi connectivity index (χ4v) is 2.48. The lowest BCUT2D eigenvalue weighted by molar-refractivity contribution is 0.687. The Hall–Kier alpha value is -1.35. The number of hydrogen-bond acceptors (Lipinski definition) is 1. The smallest absolute Gasteiger partial charge is 0.171 e. The van der Waals surface area contributed by atoms with Crippen molar-refractivity contribution in [1.82, 2.24) is 5.32 Å². The van der Waals surface area contributed by atoms with Crippen LogP contribution in [-0.4, -0.2) is 11.7 Å². The van der Waals surface area contributed by atoms with Crippen LogP contribution in [0.15, 0.2) is 30.4 Å². The van der Waals surface area contributed by atoms with Crippen LogP contribution in [0.1, 0.15) is 30.9 Å². The molecule has 0 radical (unpaired) electrons. The maximum atomic E-state index is 5.30. The van der Waals surface area contributed by atoms with Crippen LogP contribution in [0.3, 0.4) is 0 Å². The van der Waals surface area contributed by atoms with Crippen molar-refractivity contribution in [2.24, 2.45) is 0 Å². The first-order chi connectivity index (χ1) is 8.66. The van der Waals surface area contributed by atoms with Crippen LogP contribution in [0, 0.1) is 0 Å². The van der Waals surface area contributed by atoms with Gasteiger partial charge in [-0.25, -0.2) is 0 Å². The second kappa shape index (κ2) is 6.01. The van der Waals surface area contributed by atoms with E-state index in [2.05, 4.69) is 35.4 Å². The summed E-state index contributed by atoms with van der Waals surface area (Å²) in [7, 11) is 0. The molecule has 0 bridgehead atoms. The van der Waals surface area contributed by atoms with Gasteiger partial charge < -0.3 is 10.6 Å². The highest BCUT2D eigenvalue weighted by atomic mass is 32.1. The van der Waals surface area contributed by atoms with Crippen LogP contribution in [0.2, 0.25) is 0 Å². The number of aryl methyl sites for hydroxylation is 1. The van der Waals surface area contributed by atoms with E-state index in [0.717, 1.165) is 24.2 Å². The van der Waals surface area contributed by atoms with Gasteiger partial charge in [0.25, 0.3) is 0 Å². The second-order valence-corrected chi connectivity index (χ2v) is 5.32. The Kier molecular flexibility index (Phi) is 4.37. The minimum Gasteiger partial charge on any atom is -0.359 e. The molecular formula is C15H20N2S. The van der Waals surface area contributed by atoms with Gasteiger partial charge in [0, 0.05) is 12.2 Å². The summed E-state index contributed by atoms with van der Waals surface area (Å²) >= 11 is 5.30. The largest absolute Gasteiger partial charge is 0.359 e. The van der Waals surface area contributed by atoms with Crippen molar-refractivity contribution in [3.8, 4) is 0 Å². The highest BCUT2D eigenvalue weighted by Gasteiger charge is 2.13. The summed E-state index contributed by atoms with van der Waals surface area (Å²) in [5, 5.41) is 7.14. The maximum Gasteiger partial charge on any atom is 0.171 e. The number of anilines is 1. The summed E-state index contributed by atoms with van der Waals surface area (Å²) in [4.78, 5) is 0. The fourth-order valence-electron chi connectivity index (χ4n) is 2.30. The Morgan fingerprint density at radius 2 is 2.11 bits per heavy atom. The number of fused-ring (bicyclic) bond motifs is 1. The van der Waals surface area contributed by atoms with Gasteiger partial charge in [-0.3, -0.25) is 0 Å². The van der Waals surface area contributed by atoms with Gasteiger partial charge in [0.05, 0.1) is 0 Å². The van der Waals surface area contributed by atoms with Crippen molar-refractivity contribution >= 4 is 23.0 Å². The minimum atomic E-state index is 0.678. The van der Waals surface area contributed by atoms with Gasteiger partial charge in [0.2, 0.25) is 0 Å². The molecule has 0 amide bonds. The van der Waals surface area contributed by atoms with Gasteiger partial charge in [-0.1, -0.05) is 24.3 Å². The van der Waals surface area contributed by atoms with E-state index in [1.807, 2.05) is 6.92 Å². The summed E-state index contributed by atoms with van der Waals surface area (Å²) in [5.74, 6) is 0. The summed E-state index contributed by atoms with van der Waals surface area (Å²) in [6.45, 7) is 6.56. The van der Waals surface area contributed by atoms with E-state index in [1.165, 1.54) is 30.4 Å². The van der Waals surface area contributed by atoms with E-state index >= 15 is 0 Å². The molecule has 2 nitrogen and oxygen atoms in total. The molecule has 2 N–H and O–H groups in total. The van der Waals surface area contributed by atoms with Crippen molar-refractivity contribution in [2.75, 3.05) is 11.9 Å². The molecule has 1 aromatic rings. The number of thiocarbonyl (C=S) groups is 1. The molecule has 1 aliphatic carbocycles. The Balaban J connectivity index is 2.05. The zero-order valence-electron chi connectivity index (χ0n) is 10.9. The maximum absolute atomic E-state index is 5.30. The van der Waals surface area contributed by atoms with Crippen LogP contribution >= 0.6 is 12.2 Å². The predicted molar refractivity (Wildman–Crippen MR) is 82.1 cm³/mol. The van der Waals surface area contributed by atoms with E-state index < -0.39 is 0 Å². The van der Waals surface area contributed by atoms with Gasteiger partial charge in [-0.15, -0.1) is 0 Å². The van der Waals surface area contributed by atoms with Crippen LogP contribution in [0.25, 0.3) is 0 Å². The highest BCUT2D eigenvalue weighted by molar-refractivity contribution is 7.80. The average molecular weight is 260 g/mol. The summed E-state index contributed by atoms with van der Waals surface area (Å²) in [6.07, 6.45) is 4.92. The Morgan fingerprint density at radius 3 is 2.89 bits per heavy atom. The van der Waals surface area contributed by atoms with Gasteiger partial charge in [-0.05, 0) is 62.0 Å². The SMILES string of the molecule is C=C(C)CNC(=S)Nc1cccc2c1CCCC2. The highest BCUT2D eigenvalue weighted by Crippen LogP contribution is 2.27. The van der Waals surface area contributed by atoms with Crippen molar-refractivity contribution in [2.45, 2.75) is 32.6 Å². The molecule has 0 heterocycles. The van der Waals surface area contributed by atoms with Crippen LogP contribution in [-0.2, 0) is 12.8 Å². The van der Waals surface area contributed by atoms with E-state index in [9.17, 15) is 0 Å².